The fourth-order valence-electron chi connectivity index (χ4n) is 2.27. The van der Waals surface area contributed by atoms with Gasteiger partial charge >= 0.3 is 5.97 Å². The fourth-order valence-corrected chi connectivity index (χ4v) is 2.27. The van der Waals surface area contributed by atoms with Crippen molar-refractivity contribution in [1.82, 2.24) is 19.7 Å². The Hall–Kier alpha value is -3.47. The van der Waals surface area contributed by atoms with Gasteiger partial charge in [-0.05, 0) is 12.1 Å². The molecule has 0 unspecified atom stereocenters. The summed E-state index contributed by atoms with van der Waals surface area (Å²) in [6.45, 7) is 0. The molecule has 0 spiro atoms. The topological polar surface area (TPSA) is 106 Å². The van der Waals surface area contributed by atoms with Crippen molar-refractivity contribution < 1.29 is 9.53 Å². The molecule has 3 rings (SSSR count). The van der Waals surface area contributed by atoms with Crippen LogP contribution in [0.1, 0.15) is 11.6 Å². The van der Waals surface area contributed by atoms with Gasteiger partial charge in [0.15, 0.2) is 11.7 Å². The Morgan fingerprint density at radius 2 is 2.04 bits per heavy atom. The van der Waals surface area contributed by atoms with E-state index in [1.54, 1.807) is 36.3 Å². The first-order chi connectivity index (χ1) is 11.6. The maximum atomic E-state index is 11.9. The fraction of sp³-hybridized carbons (Fsp3) is 0.188. The van der Waals surface area contributed by atoms with Crippen LogP contribution in [0.5, 0.6) is 0 Å². The van der Waals surface area contributed by atoms with E-state index < -0.39 is 11.9 Å². The van der Waals surface area contributed by atoms with E-state index in [-0.39, 0.29) is 5.69 Å². The number of aryl methyl sites for hydroxylation is 1. The van der Waals surface area contributed by atoms with Crippen molar-refractivity contribution in [3.63, 3.8) is 0 Å². The van der Waals surface area contributed by atoms with Gasteiger partial charge in [-0.3, -0.25) is 9.48 Å². The van der Waals surface area contributed by atoms with Crippen molar-refractivity contribution in [3.8, 4) is 6.07 Å². The summed E-state index contributed by atoms with van der Waals surface area (Å²) in [7, 11) is 3.01. The van der Waals surface area contributed by atoms with Gasteiger partial charge in [-0.1, -0.05) is 12.1 Å². The lowest BCUT2D eigenvalue weighted by molar-refractivity contribution is -0.141. The number of aromatic nitrogens is 4. The maximum Gasteiger partial charge on any atom is 0.329 e. The maximum absolute atomic E-state index is 11.9. The zero-order chi connectivity index (χ0) is 17.1. The molecule has 120 valence electrons. The molecule has 1 aromatic carbocycles. The smallest absolute Gasteiger partial charge is 0.329 e. The van der Waals surface area contributed by atoms with Crippen molar-refractivity contribution in [2.45, 2.75) is 5.92 Å². The van der Waals surface area contributed by atoms with Crippen LogP contribution in [0.4, 0.5) is 11.5 Å². The Kier molecular flexibility index (Phi) is 4.07. The molecule has 1 N–H and O–H groups in total. The number of carbonyl (C=O) groups excluding carboxylic acids is 1. The summed E-state index contributed by atoms with van der Waals surface area (Å²) in [5.41, 5.74) is 2.12. The molecule has 0 aliphatic rings. The second-order valence-corrected chi connectivity index (χ2v) is 5.06. The van der Waals surface area contributed by atoms with Crippen LogP contribution in [0.25, 0.3) is 11.0 Å². The lowest BCUT2D eigenvalue weighted by Gasteiger charge is -2.13. The Morgan fingerprint density at radius 1 is 1.33 bits per heavy atom. The average molecular weight is 322 g/mol. The summed E-state index contributed by atoms with van der Waals surface area (Å²) in [4.78, 5) is 20.9. The summed E-state index contributed by atoms with van der Waals surface area (Å²) in [5, 5.41) is 16.5. The number of methoxy groups -OCH3 is 1. The number of rotatable bonds is 4. The van der Waals surface area contributed by atoms with E-state index in [9.17, 15) is 10.1 Å². The number of ether oxygens (including phenoxy) is 1. The van der Waals surface area contributed by atoms with Crippen LogP contribution in [-0.4, -0.2) is 32.8 Å². The molecule has 0 radical (unpaired) electrons. The van der Waals surface area contributed by atoms with Gasteiger partial charge in [-0.15, -0.1) is 0 Å². The molecule has 3 aromatic rings. The van der Waals surface area contributed by atoms with E-state index in [4.69, 9.17) is 4.74 Å². The van der Waals surface area contributed by atoms with Crippen molar-refractivity contribution in [1.29, 1.82) is 5.26 Å². The highest BCUT2D eigenvalue weighted by atomic mass is 16.5. The van der Waals surface area contributed by atoms with Gasteiger partial charge < -0.3 is 10.1 Å². The SMILES string of the molecule is COC(=O)[C@H](C#N)c1nc2ccccc2nc1Nc1cnn(C)c1. The van der Waals surface area contributed by atoms with E-state index >= 15 is 0 Å². The minimum absolute atomic E-state index is 0.215. The molecule has 1 atom stereocenters. The van der Waals surface area contributed by atoms with Crippen molar-refractivity contribution >= 4 is 28.5 Å². The van der Waals surface area contributed by atoms with E-state index in [0.717, 1.165) is 0 Å². The number of nitrogens with one attached hydrogen (secondary N) is 1. The van der Waals surface area contributed by atoms with E-state index in [1.807, 2.05) is 18.2 Å². The Bertz CT molecular complexity index is 943. The number of carbonyl (C=O) groups is 1. The Labute approximate surface area is 137 Å². The van der Waals surface area contributed by atoms with E-state index in [0.29, 0.717) is 22.5 Å². The first-order valence-corrected chi connectivity index (χ1v) is 7.12. The van der Waals surface area contributed by atoms with Gasteiger partial charge in [0.2, 0.25) is 0 Å². The number of hydrogen-bond acceptors (Lipinski definition) is 7. The van der Waals surface area contributed by atoms with Gasteiger partial charge in [0.1, 0.15) is 5.69 Å². The number of para-hydroxylation sites is 2. The van der Waals surface area contributed by atoms with Crippen LogP contribution in [0.3, 0.4) is 0 Å². The lowest BCUT2D eigenvalue weighted by atomic mass is 10.1. The number of benzene rings is 1. The Balaban J connectivity index is 2.14. The summed E-state index contributed by atoms with van der Waals surface area (Å²) >= 11 is 0. The number of esters is 1. The summed E-state index contributed by atoms with van der Waals surface area (Å²) in [5.74, 6) is -1.54. The number of nitrogens with zero attached hydrogens (tertiary/aromatic N) is 5. The van der Waals surface area contributed by atoms with Crippen molar-refractivity contribution in [3.05, 3.63) is 42.4 Å². The second-order valence-electron chi connectivity index (χ2n) is 5.06. The molecule has 24 heavy (non-hydrogen) atoms. The number of fused-ring (bicyclic) bond motifs is 1. The quantitative estimate of drug-likeness (QED) is 0.731. The largest absolute Gasteiger partial charge is 0.468 e. The number of nitriles is 1. The molecular weight excluding hydrogens is 308 g/mol. The van der Waals surface area contributed by atoms with Gasteiger partial charge in [0.25, 0.3) is 0 Å². The van der Waals surface area contributed by atoms with E-state index in [2.05, 4.69) is 20.4 Å². The van der Waals surface area contributed by atoms with Crippen LogP contribution in [0.2, 0.25) is 0 Å². The van der Waals surface area contributed by atoms with Crippen LogP contribution < -0.4 is 5.32 Å². The summed E-state index contributed by atoms with van der Waals surface area (Å²) < 4.78 is 6.33. The minimum Gasteiger partial charge on any atom is -0.468 e. The summed E-state index contributed by atoms with van der Waals surface area (Å²) in [6.07, 6.45) is 3.36. The highest BCUT2D eigenvalue weighted by Crippen LogP contribution is 2.27. The monoisotopic (exact) mass is 322 g/mol. The minimum atomic E-state index is -1.17. The molecule has 0 aliphatic carbocycles. The molecule has 0 saturated carbocycles. The molecule has 2 heterocycles. The predicted molar refractivity (Wildman–Crippen MR) is 86.4 cm³/mol. The standard InChI is InChI=1S/C16H14N6O2/c1-22-9-10(8-18-22)19-15-14(11(7-17)16(23)24-2)20-12-5-3-4-6-13(12)21-15/h3-6,8-9,11H,1-2H3,(H,19,21)/t11-/m1/s1. The Morgan fingerprint density at radius 3 is 2.62 bits per heavy atom. The normalized spacial score (nSPS) is 11.7. The number of hydrogen-bond donors (Lipinski definition) is 1. The predicted octanol–water partition coefficient (Wildman–Crippen LogP) is 1.89. The van der Waals surface area contributed by atoms with Crippen molar-refractivity contribution in [2.75, 3.05) is 12.4 Å². The first kappa shape index (κ1) is 15.4. The lowest BCUT2D eigenvalue weighted by Crippen LogP contribution is -2.16. The molecule has 0 saturated heterocycles. The van der Waals surface area contributed by atoms with Gasteiger partial charge in [-0.25, -0.2) is 9.97 Å². The second kappa shape index (κ2) is 6.34. The molecule has 2 aromatic heterocycles. The molecule has 0 fully saturated rings. The highest BCUT2D eigenvalue weighted by Gasteiger charge is 2.27. The zero-order valence-corrected chi connectivity index (χ0v) is 13.1. The molecule has 8 heteroatoms. The zero-order valence-electron chi connectivity index (χ0n) is 13.1. The molecule has 0 aliphatic heterocycles. The number of anilines is 2. The van der Waals surface area contributed by atoms with Crippen LogP contribution in [0, 0.1) is 11.3 Å². The van der Waals surface area contributed by atoms with Gasteiger partial charge in [-0.2, -0.15) is 10.4 Å². The molecular formula is C16H14N6O2. The van der Waals surface area contributed by atoms with Gasteiger partial charge in [0.05, 0.1) is 36.1 Å². The van der Waals surface area contributed by atoms with Crippen LogP contribution in [-0.2, 0) is 16.6 Å². The van der Waals surface area contributed by atoms with E-state index in [1.165, 1.54) is 7.11 Å². The van der Waals surface area contributed by atoms with Crippen molar-refractivity contribution in [2.24, 2.45) is 7.05 Å². The third kappa shape index (κ3) is 2.87. The van der Waals surface area contributed by atoms with Gasteiger partial charge in [0, 0.05) is 13.2 Å². The first-order valence-electron chi connectivity index (χ1n) is 7.12. The third-order valence-electron chi connectivity index (χ3n) is 3.40. The molecule has 0 bridgehead atoms. The third-order valence-corrected chi connectivity index (χ3v) is 3.40. The average Bonchev–Trinajstić information content (AvgIpc) is 3.00. The van der Waals surface area contributed by atoms with Crippen LogP contribution in [0.15, 0.2) is 36.7 Å². The summed E-state index contributed by atoms with van der Waals surface area (Å²) in [6, 6.07) is 9.16. The molecule has 8 nitrogen and oxygen atoms in total. The highest BCUT2D eigenvalue weighted by molar-refractivity contribution is 5.85. The van der Waals surface area contributed by atoms with Crippen LogP contribution >= 0.6 is 0 Å². The molecule has 0 amide bonds.